The lowest BCUT2D eigenvalue weighted by molar-refractivity contribution is -0.141. The molecule has 33 heavy (non-hydrogen) atoms. The lowest BCUT2D eigenvalue weighted by Gasteiger charge is -2.35. The zero-order chi connectivity index (χ0) is 24.1. The minimum atomic E-state index is -0.953. The van der Waals surface area contributed by atoms with E-state index in [9.17, 15) is 19.2 Å². The second-order valence-corrected chi connectivity index (χ2v) is 7.60. The maximum absolute atomic E-state index is 13.6. The molecule has 0 spiro atoms. The highest BCUT2D eigenvalue weighted by Gasteiger charge is 2.35. The van der Waals surface area contributed by atoms with Gasteiger partial charge in [0.2, 0.25) is 5.91 Å². The van der Waals surface area contributed by atoms with Gasteiger partial charge in [0.1, 0.15) is 11.3 Å². The molecule has 1 aromatic carbocycles. The Balaban J connectivity index is 2.08. The summed E-state index contributed by atoms with van der Waals surface area (Å²) in [4.78, 5) is 57.0. The fraction of sp³-hybridized carbons (Fsp3) is 0.409. The first-order chi connectivity index (χ1) is 15.8. The number of carbonyl (C=O) groups is 4. The predicted octanol–water partition coefficient (Wildman–Crippen LogP) is 0.602. The first kappa shape index (κ1) is 23.8. The standard InChI is InChI=1S/C22H27N5O6/c1-32-16(28)8-7-14(21(30)26-9-11-27(12-10-26)22(24)31)18-17(20(23)29)19(33-2)13-5-3-4-6-15(13)25-18/h3-6,14H,7-12H2,1-2H3,(H2,23,29)(H2,24,31). The monoisotopic (exact) mass is 457 g/mol. The molecule has 0 radical (unpaired) electrons. The van der Waals surface area contributed by atoms with Crippen LogP contribution in [0.3, 0.4) is 0 Å². The number of fused-ring (bicyclic) bond motifs is 1. The number of rotatable bonds is 7. The van der Waals surface area contributed by atoms with Crippen molar-refractivity contribution in [1.29, 1.82) is 0 Å². The van der Waals surface area contributed by atoms with E-state index in [1.807, 2.05) is 0 Å². The summed E-state index contributed by atoms with van der Waals surface area (Å²) in [6, 6.07) is 6.47. The molecule has 1 aliphatic heterocycles. The fourth-order valence-corrected chi connectivity index (χ4v) is 4.01. The summed E-state index contributed by atoms with van der Waals surface area (Å²) in [6.45, 7) is 1.07. The molecular weight excluding hydrogens is 430 g/mol. The largest absolute Gasteiger partial charge is 0.495 e. The van der Waals surface area contributed by atoms with Crippen LogP contribution in [0.25, 0.3) is 10.9 Å². The number of methoxy groups -OCH3 is 2. The molecule has 2 heterocycles. The number of carbonyl (C=O) groups excluding carboxylic acids is 4. The highest BCUT2D eigenvalue weighted by molar-refractivity contribution is 6.04. The van der Waals surface area contributed by atoms with E-state index in [1.54, 1.807) is 29.2 Å². The quantitative estimate of drug-likeness (QED) is 0.576. The van der Waals surface area contributed by atoms with Crippen molar-refractivity contribution in [2.75, 3.05) is 40.4 Å². The molecule has 1 aliphatic rings. The molecule has 0 bridgehead atoms. The van der Waals surface area contributed by atoms with Crippen molar-refractivity contribution >= 4 is 34.7 Å². The number of nitrogens with zero attached hydrogens (tertiary/aromatic N) is 3. The number of esters is 1. The number of piperazine rings is 1. The van der Waals surface area contributed by atoms with Gasteiger partial charge in [-0.1, -0.05) is 12.1 Å². The van der Waals surface area contributed by atoms with Crippen LogP contribution in [0.1, 0.15) is 34.8 Å². The van der Waals surface area contributed by atoms with Crippen molar-refractivity contribution in [1.82, 2.24) is 14.8 Å². The molecule has 1 aromatic heterocycles. The zero-order valence-corrected chi connectivity index (χ0v) is 18.6. The van der Waals surface area contributed by atoms with Crippen molar-refractivity contribution in [3.05, 3.63) is 35.5 Å². The number of hydrogen-bond donors (Lipinski definition) is 2. The Bertz CT molecular complexity index is 1080. The smallest absolute Gasteiger partial charge is 0.314 e. The van der Waals surface area contributed by atoms with E-state index in [2.05, 4.69) is 4.98 Å². The van der Waals surface area contributed by atoms with Crippen molar-refractivity contribution in [3.63, 3.8) is 0 Å². The molecule has 176 valence electrons. The number of para-hydroxylation sites is 1. The molecule has 4 amide bonds. The van der Waals surface area contributed by atoms with E-state index in [0.717, 1.165) is 0 Å². The summed E-state index contributed by atoms with van der Waals surface area (Å²) in [6.07, 6.45) is -0.0144. The van der Waals surface area contributed by atoms with E-state index in [-0.39, 0.29) is 61.9 Å². The third kappa shape index (κ3) is 4.97. The number of urea groups is 1. The number of aromatic nitrogens is 1. The Kier molecular flexibility index (Phi) is 7.31. The third-order valence-electron chi connectivity index (χ3n) is 5.72. The van der Waals surface area contributed by atoms with Gasteiger partial charge in [0.15, 0.2) is 0 Å². The summed E-state index contributed by atoms with van der Waals surface area (Å²) in [5, 5.41) is 0.576. The number of primary amides is 2. The number of hydrogen-bond acceptors (Lipinski definition) is 7. The summed E-state index contributed by atoms with van der Waals surface area (Å²) < 4.78 is 10.2. The number of pyridine rings is 1. The number of benzene rings is 1. The summed E-state index contributed by atoms with van der Waals surface area (Å²) >= 11 is 0. The molecule has 0 saturated carbocycles. The van der Waals surface area contributed by atoms with Crippen LogP contribution >= 0.6 is 0 Å². The van der Waals surface area contributed by atoms with E-state index in [4.69, 9.17) is 20.9 Å². The highest BCUT2D eigenvalue weighted by Crippen LogP contribution is 2.36. The first-order valence-corrected chi connectivity index (χ1v) is 10.4. The van der Waals surface area contributed by atoms with Crippen molar-refractivity contribution in [3.8, 4) is 5.75 Å². The van der Waals surface area contributed by atoms with E-state index < -0.39 is 23.8 Å². The van der Waals surface area contributed by atoms with Crippen LogP contribution in [0, 0.1) is 0 Å². The van der Waals surface area contributed by atoms with Crippen molar-refractivity contribution in [2.24, 2.45) is 11.5 Å². The molecule has 2 aromatic rings. The predicted molar refractivity (Wildman–Crippen MR) is 119 cm³/mol. The normalized spacial score (nSPS) is 14.6. The topological polar surface area (TPSA) is 158 Å². The molecule has 11 nitrogen and oxygen atoms in total. The zero-order valence-electron chi connectivity index (χ0n) is 18.6. The minimum Gasteiger partial charge on any atom is -0.495 e. The summed E-state index contributed by atoms with van der Waals surface area (Å²) in [7, 11) is 2.67. The molecular formula is C22H27N5O6. The van der Waals surface area contributed by atoms with Gasteiger partial charge in [0.05, 0.1) is 31.3 Å². The van der Waals surface area contributed by atoms with Gasteiger partial charge in [0, 0.05) is 38.0 Å². The fourth-order valence-electron chi connectivity index (χ4n) is 4.01. The molecule has 1 unspecified atom stereocenters. The number of nitrogens with two attached hydrogens (primary N) is 2. The van der Waals surface area contributed by atoms with Gasteiger partial charge in [-0.15, -0.1) is 0 Å². The van der Waals surface area contributed by atoms with Gasteiger partial charge >= 0.3 is 12.0 Å². The lowest BCUT2D eigenvalue weighted by atomic mass is 9.91. The van der Waals surface area contributed by atoms with Gasteiger partial charge in [-0.3, -0.25) is 19.4 Å². The lowest BCUT2D eigenvalue weighted by Crippen LogP contribution is -2.53. The van der Waals surface area contributed by atoms with Crippen LogP contribution < -0.4 is 16.2 Å². The van der Waals surface area contributed by atoms with Crippen molar-refractivity contribution in [2.45, 2.75) is 18.8 Å². The second-order valence-electron chi connectivity index (χ2n) is 7.60. The molecule has 1 saturated heterocycles. The van der Waals surface area contributed by atoms with Crippen molar-refractivity contribution < 1.29 is 28.7 Å². The van der Waals surface area contributed by atoms with Crippen LogP contribution in [0.4, 0.5) is 4.79 Å². The van der Waals surface area contributed by atoms with Crippen LogP contribution in [-0.4, -0.2) is 79.0 Å². The highest BCUT2D eigenvalue weighted by atomic mass is 16.5. The van der Waals surface area contributed by atoms with E-state index in [1.165, 1.54) is 19.1 Å². The van der Waals surface area contributed by atoms with Gasteiger partial charge in [0.25, 0.3) is 5.91 Å². The third-order valence-corrected chi connectivity index (χ3v) is 5.72. The van der Waals surface area contributed by atoms with Gasteiger partial charge < -0.3 is 30.7 Å². The average molecular weight is 457 g/mol. The second kappa shape index (κ2) is 10.2. The molecule has 3 rings (SSSR count). The minimum absolute atomic E-state index is 0.00446. The Labute approximate surface area is 190 Å². The Morgan fingerprint density at radius 2 is 1.67 bits per heavy atom. The number of ether oxygens (including phenoxy) is 2. The van der Waals surface area contributed by atoms with Gasteiger partial charge in [-0.25, -0.2) is 4.79 Å². The van der Waals surface area contributed by atoms with Crippen LogP contribution in [0.2, 0.25) is 0 Å². The Morgan fingerprint density at radius 3 is 2.24 bits per heavy atom. The Hall–Kier alpha value is -3.89. The summed E-state index contributed by atoms with van der Waals surface area (Å²) in [5.74, 6) is -2.37. The maximum Gasteiger partial charge on any atom is 0.314 e. The molecule has 1 fully saturated rings. The number of amides is 4. The maximum atomic E-state index is 13.6. The van der Waals surface area contributed by atoms with Gasteiger partial charge in [-0.05, 0) is 18.6 Å². The molecule has 0 aliphatic carbocycles. The molecule has 11 heteroatoms. The van der Waals surface area contributed by atoms with Crippen LogP contribution in [0.15, 0.2) is 24.3 Å². The molecule has 1 atom stereocenters. The first-order valence-electron chi connectivity index (χ1n) is 10.4. The van der Waals surface area contributed by atoms with Gasteiger partial charge in [-0.2, -0.15) is 0 Å². The average Bonchev–Trinajstić information content (AvgIpc) is 2.82. The molecule has 4 N–H and O–H groups in total. The van der Waals surface area contributed by atoms with E-state index in [0.29, 0.717) is 10.9 Å². The SMILES string of the molecule is COC(=O)CCC(C(=O)N1CCN(C(N)=O)CC1)c1nc2ccccc2c(OC)c1C(N)=O. The Morgan fingerprint density at radius 1 is 1.03 bits per heavy atom. The van der Waals surface area contributed by atoms with E-state index >= 15 is 0 Å². The summed E-state index contributed by atoms with van der Waals surface area (Å²) in [5.41, 5.74) is 11.7. The van der Waals surface area contributed by atoms with Crippen LogP contribution in [-0.2, 0) is 14.3 Å². The van der Waals surface area contributed by atoms with Crippen LogP contribution in [0.5, 0.6) is 5.75 Å².